The van der Waals surface area contributed by atoms with Gasteiger partial charge in [-0.2, -0.15) is 0 Å². The molecule has 0 rings (SSSR count). The molecule has 0 aliphatic carbocycles. The highest BCUT2D eigenvalue weighted by molar-refractivity contribution is 5.76. The van der Waals surface area contributed by atoms with Crippen LogP contribution in [0.3, 0.4) is 0 Å². The first-order valence-electron chi connectivity index (χ1n) is 13.2. The van der Waals surface area contributed by atoms with Gasteiger partial charge in [0.05, 0.1) is 0 Å². The molecule has 2 amide bonds. The van der Waals surface area contributed by atoms with Crippen LogP contribution >= 0.6 is 0 Å². The van der Waals surface area contributed by atoms with Gasteiger partial charge in [-0.25, -0.2) is 0 Å². The monoisotopic (exact) mass is 482 g/mol. The third-order valence-electron chi connectivity index (χ3n) is 5.76. The molecule has 34 heavy (non-hydrogen) atoms. The predicted molar refractivity (Wildman–Crippen MR) is 146 cm³/mol. The van der Waals surface area contributed by atoms with Crippen LogP contribution in [-0.2, 0) is 9.59 Å². The highest BCUT2D eigenvalue weighted by atomic mass is 16.2. The topological polar surface area (TPSA) is 73.5 Å². The van der Waals surface area contributed by atoms with E-state index in [1.165, 1.54) is 0 Å². The van der Waals surface area contributed by atoms with Gasteiger partial charge in [0.15, 0.2) is 0 Å². The lowest BCUT2D eigenvalue weighted by molar-refractivity contribution is -0.122. The Kier molecular flexibility index (Phi) is 13.9. The van der Waals surface area contributed by atoms with Gasteiger partial charge >= 0.3 is 0 Å². The van der Waals surface area contributed by atoms with Crippen LogP contribution in [-0.4, -0.2) is 63.0 Å². The Hall–Kier alpha value is -1.14. The number of rotatable bonds is 16. The van der Waals surface area contributed by atoms with Crippen LogP contribution in [0.25, 0.3) is 0 Å². The van der Waals surface area contributed by atoms with Gasteiger partial charge in [-0.05, 0) is 61.1 Å². The van der Waals surface area contributed by atoms with Gasteiger partial charge in [0.1, 0.15) is 0 Å². The van der Waals surface area contributed by atoms with Crippen molar-refractivity contribution in [2.45, 2.75) is 101 Å². The molecule has 0 aliphatic rings. The second-order valence-corrected chi connectivity index (χ2v) is 14.2. The first-order chi connectivity index (χ1) is 15.3. The maximum Gasteiger partial charge on any atom is 0.221 e. The van der Waals surface area contributed by atoms with Crippen molar-refractivity contribution in [1.29, 1.82) is 0 Å². The molecule has 0 aliphatic heterocycles. The Balaban J connectivity index is 4.59. The van der Waals surface area contributed by atoms with E-state index in [2.05, 4.69) is 90.1 Å². The number of nitrogens with zero attached hydrogens (tertiary/aromatic N) is 1. The Morgan fingerprint density at radius 1 is 0.647 bits per heavy atom. The molecule has 0 saturated heterocycles. The fourth-order valence-corrected chi connectivity index (χ4v) is 5.18. The fraction of sp³-hybridized carbons (Fsp3) is 0.929. The maximum absolute atomic E-state index is 12.5. The average Bonchev–Trinajstić information content (AvgIpc) is 2.63. The molecule has 0 aromatic rings. The van der Waals surface area contributed by atoms with E-state index in [9.17, 15) is 9.59 Å². The van der Waals surface area contributed by atoms with E-state index in [1.54, 1.807) is 0 Å². The Morgan fingerprint density at radius 3 is 1.35 bits per heavy atom. The van der Waals surface area contributed by atoms with Crippen LogP contribution in [0.15, 0.2) is 0 Å². The molecule has 202 valence electrons. The molecule has 0 aromatic carbocycles. The summed E-state index contributed by atoms with van der Waals surface area (Å²) >= 11 is 0. The van der Waals surface area contributed by atoms with Gasteiger partial charge in [0, 0.05) is 39.0 Å². The van der Waals surface area contributed by atoms with Crippen LogP contribution in [0.1, 0.15) is 101 Å². The molecule has 0 fully saturated rings. The van der Waals surface area contributed by atoms with Gasteiger partial charge < -0.3 is 20.9 Å². The van der Waals surface area contributed by atoms with E-state index < -0.39 is 0 Å². The van der Waals surface area contributed by atoms with Gasteiger partial charge in [0.2, 0.25) is 11.8 Å². The van der Waals surface area contributed by atoms with E-state index in [0.29, 0.717) is 39.0 Å². The Bertz CT molecular complexity index is 553. The summed E-state index contributed by atoms with van der Waals surface area (Å²) in [4.78, 5) is 27.3. The number of carbonyl (C=O) groups is 2. The van der Waals surface area contributed by atoms with E-state index in [-0.39, 0.29) is 33.5 Å². The zero-order chi connectivity index (χ0) is 26.6. The number of nitrogens with one attached hydrogen (secondary N) is 3. The summed E-state index contributed by atoms with van der Waals surface area (Å²) in [6, 6.07) is 0. The minimum Gasteiger partial charge on any atom is -0.356 e. The summed E-state index contributed by atoms with van der Waals surface area (Å²) in [5, 5.41) is 9.44. The smallest absolute Gasteiger partial charge is 0.221 e. The predicted octanol–water partition coefficient (Wildman–Crippen LogP) is 4.84. The number of hydrogen-bond acceptors (Lipinski definition) is 4. The summed E-state index contributed by atoms with van der Waals surface area (Å²) in [5.41, 5.74) is 0.611. The van der Waals surface area contributed by atoms with Gasteiger partial charge in [-0.1, -0.05) is 69.2 Å². The van der Waals surface area contributed by atoms with E-state index in [1.807, 2.05) is 7.05 Å². The minimum absolute atomic E-state index is 0.0687. The van der Waals surface area contributed by atoms with Crippen molar-refractivity contribution >= 4 is 11.8 Å². The molecule has 3 N–H and O–H groups in total. The van der Waals surface area contributed by atoms with Crippen molar-refractivity contribution in [1.82, 2.24) is 20.9 Å². The zero-order valence-corrected chi connectivity index (χ0v) is 24.5. The summed E-state index contributed by atoms with van der Waals surface area (Å²) in [6.45, 7) is 26.8. The molecular weight excluding hydrogens is 424 g/mol. The van der Waals surface area contributed by atoms with Crippen molar-refractivity contribution < 1.29 is 9.59 Å². The zero-order valence-electron chi connectivity index (χ0n) is 24.5. The van der Waals surface area contributed by atoms with Crippen LogP contribution in [0.5, 0.6) is 0 Å². The molecule has 0 aromatic heterocycles. The van der Waals surface area contributed by atoms with Crippen LogP contribution in [0.4, 0.5) is 0 Å². The Morgan fingerprint density at radius 2 is 1.03 bits per heavy atom. The molecular formula is C28H58N4O2. The molecule has 0 heterocycles. The Labute approximate surface area is 211 Å². The SMILES string of the molecule is CNCCCN(CCC(=O)NCC(C)(C)CC(C)(C)C)CCC(=O)NCC(C)(C)CC(C)(C)C. The van der Waals surface area contributed by atoms with E-state index >= 15 is 0 Å². The third-order valence-corrected chi connectivity index (χ3v) is 5.76. The fourth-order valence-electron chi connectivity index (χ4n) is 5.18. The van der Waals surface area contributed by atoms with Crippen molar-refractivity contribution in [2.75, 3.05) is 46.3 Å². The molecule has 0 unspecified atom stereocenters. The molecule has 0 saturated carbocycles. The quantitative estimate of drug-likeness (QED) is 0.275. The maximum atomic E-state index is 12.5. The van der Waals surface area contributed by atoms with E-state index in [0.717, 1.165) is 32.4 Å². The third kappa shape index (κ3) is 19.2. The normalized spacial score (nSPS) is 13.3. The first-order valence-corrected chi connectivity index (χ1v) is 13.2. The van der Waals surface area contributed by atoms with Crippen molar-refractivity contribution in [3.05, 3.63) is 0 Å². The molecule has 0 bridgehead atoms. The van der Waals surface area contributed by atoms with E-state index in [4.69, 9.17) is 0 Å². The average molecular weight is 483 g/mol. The number of hydrogen-bond donors (Lipinski definition) is 3. The van der Waals surface area contributed by atoms with Crippen LogP contribution < -0.4 is 16.0 Å². The second-order valence-electron chi connectivity index (χ2n) is 14.2. The molecule has 0 atom stereocenters. The highest BCUT2D eigenvalue weighted by Gasteiger charge is 2.27. The van der Waals surface area contributed by atoms with Crippen molar-refractivity contribution in [2.24, 2.45) is 21.7 Å². The first kappa shape index (κ1) is 32.9. The molecule has 0 radical (unpaired) electrons. The number of amides is 2. The summed E-state index contributed by atoms with van der Waals surface area (Å²) in [6.07, 6.45) is 4.03. The van der Waals surface area contributed by atoms with Crippen LogP contribution in [0, 0.1) is 21.7 Å². The molecule has 6 heteroatoms. The standard InChI is InChI=1S/C28H58N4O2/c1-25(2,3)19-27(7,8)21-30-23(33)13-17-32(16-12-15-29-11)18-14-24(34)31-22-28(9,10)20-26(4,5)6/h29H,12-22H2,1-11H3,(H,30,33)(H,31,34). The van der Waals surface area contributed by atoms with Gasteiger partial charge in [-0.3, -0.25) is 9.59 Å². The minimum atomic E-state index is 0.0687. The second kappa shape index (κ2) is 14.4. The molecule has 0 spiro atoms. The number of carbonyl (C=O) groups excluding carboxylic acids is 2. The summed E-state index contributed by atoms with van der Waals surface area (Å²) < 4.78 is 0. The van der Waals surface area contributed by atoms with Crippen molar-refractivity contribution in [3.63, 3.8) is 0 Å². The van der Waals surface area contributed by atoms with Crippen molar-refractivity contribution in [3.8, 4) is 0 Å². The lowest BCUT2D eigenvalue weighted by Crippen LogP contribution is -2.40. The lowest BCUT2D eigenvalue weighted by atomic mass is 9.76. The van der Waals surface area contributed by atoms with Crippen LogP contribution in [0.2, 0.25) is 0 Å². The van der Waals surface area contributed by atoms with Gasteiger partial charge in [-0.15, -0.1) is 0 Å². The largest absolute Gasteiger partial charge is 0.356 e. The highest BCUT2D eigenvalue weighted by Crippen LogP contribution is 2.33. The lowest BCUT2D eigenvalue weighted by Gasteiger charge is -2.32. The van der Waals surface area contributed by atoms with Gasteiger partial charge in [0.25, 0.3) is 0 Å². The summed E-state index contributed by atoms with van der Waals surface area (Å²) in [7, 11) is 1.95. The molecule has 6 nitrogen and oxygen atoms in total. The summed E-state index contributed by atoms with van der Waals surface area (Å²) in [5.74, 6) is 0.183.